The first kappa shape index (κ1) is 15.1. The molecule has 0 saturated carbocycles. The third-order valence-corrected chi connectivity index (χ3v) is 4.46. The molecule has 0 amide bonds. The summed E-state index contributed by atoms with van der Waals surface area (Å²) in [5.74, 6) is 0. The highest BCUT2D eigenvalue weighted by Gasteiger charge is 2.23. The van der Waals surface area contributed by atoms with Crippen molar-refractivity contribution >= 4 is 20.1 Å². The van der Waals surface area contributed by atoms with Gasteiger partial charge in [-0.05, 0) is 39.0 Å². The van der Waals surface area contributed by atoms with E-state index in [1.165, 1.54) is 12.1 Å². The molecule has 18 heavy (non-hydrogen) atoms. The lowest BCUT2D eigenvalue weighted by atomic mass is 10.1. The van der Waals surface area contributed by atoms with Gasteiger partial charge in [0.25, 0.3) is 10.1 Å². The van der Waals surface area contributed by atoms with Crippen molar-refractivity contribution in [2.75, 3.05) is 0 Å². The molecule has 0 bridgehead atoms. The van der Waals surface area contributed by atoms with Gasteiger partial charge in [-0.1, -0.05) is 6.07 Å². The van der Waals surface area contributed by atoms with Gasteiger partial charge in [0, 0.05) is 5.54 Å². The van der Waals surface area contributed by atoms with Crippen LogP contribution in [0, 0.1) is 0 Å². The lowest BCUT2D eigenvalue weighted by Gasteiger charge is -2.20. The maximum absolute atomic E-state index is 11.9. The molecule has 0 radical (unpaired) electrons. The predicted octanol–water partition coefficient (Wildman–Crippen LogP) is 1.01. The van der Waals surface area contributed by atoms with Gasteiger partial charge in [-0.3, -0.25) is 4.55 Å². The number of nitrogens with one attached hydrogen (secondary N) is 1. The Morgan fingerprint density at radius 2 is 1.56 bits per heavy atom. The number of hydrogen-bond donors (Lipinski definition) is 2. The van der Waals surface area contributed by atoms with E-state index in [9.17, 15) is 16.8 Å². The van der Waals surface area contributed by atoms with Crippen LogP contribution < -0.4 is 4.72 Å². The van der Waals surface area contributed by atoms with Crippen LogP contribution in [-0.4, -0.2) is 26.9 Å². The molecule has 0 heterocycles. The first-order chi connectivity index (χ1) is 7.92. The molecule has 2 N–H and O–H groups in total. The maximum atomic E-state index is 11.9. The second kappa shape index (κ2) is 4.61. The zero-order valence-corrected chi connectivity index (χ0v) is 11.8. The lowest BCUT2D eigenvalue weighted by Crippen LogP contribution is -2.40. The topological polar surface area (TPSA) is 101 Å². The zero-order valence-electron chi connectivity index (χ0n) is 10.2. The van der Waals surface area contributed by atoms with Gasteiger partial charge in [-0.15, -0.1) is 0 Å². The molecule has 0 saturated heterocycles. The summed E-state index contributed by atoms with van der Waals surface area (Å²) < 4.78 is 57.0. The van der Waals surface area contributed by atoms with Crippen LogP contribution in [0.4, 0.5) is 0 Å². The van der Waals surface area contributed by atoms with E-state index in [2.05, 4.69) is 4.72 Å². The minimum atomic E-state index is -4.42. The van der Waals surface area contributed by atoms with E-state index in [1.807, 2.05) is 0 Å². The second-order valence-corrected chi connectivity index (χ2v) is 7.91. The molecule has 1 aromatic carbocycles. The minimum absolute atomic E-state index is 0.215. The first-order valence-corrected chi connectivity index (χ1v) is 7.96. The molecule has 1 aromatic rings. The van der Waals surface area contributed by atoms with Crippen LogP contribution in [0.2, 0.25) is 0 Å². The van der Waals surface area contributed by atoms with Crippen LogP contribution in [0.5, 0.6) is 0 Å². The molecule has 102 valence electrons. The van der Waals surface area contributed by atoms with Gasteiger partial charge in [0.1, 0.15) is 0 Å². The zero-order chi connectivity index (χ0) is 14.2. The highest BCUT2D eigenvalue weighted by atomic mass is 32.2. The van der Waals surface area contributed by atoms with Gasteiger partial charge in [0.2, 0.25) is 10.0 Å². The van der Waals surface area contributed by atoms with Crippen molar-refractivity contribution in [3.8, 4) is 0 Å². The van der Waals surface area contributed by atoms with Crippen molar-refractivity contribution in [1.29, 1.82) is 0 Å². The molecule has 6 nitrogen and oxygen atoms in total. The summed E-state index contributed by atoms with van der Waals surface area (Å²) in [6.45, 7) is 4.99. The Bertz CT molecular complexity index is 641. The van der Waals surface area contributed by atoms with E-state index in [1.54, 1.807) is 20.8 Å². The quantitative estimate of drug-likeness (QED) is 0.810. The molecule has 0 unspecified atom stereocenters. The number of rotatable bonds is 3. The van der Waals surface area contributed by atoms with Crippen LogP contribution >= 0.6 is 0 Å². The van der Waals surface area contributed by atoms with Crippen LogP contribution in [0.3, 0.4) is 0 Å². The maximum Gasteiger partial charge on any atom is 0.294 e. The van der Waals surface area contributed by atoms with Crippen LogP contribution in [0.1, 0.15) is 20.8 Å². The Morgan fingerprint density at radius 1 is 1.06 bits per heavy atom. The van der Waals surface area contributed by atoms with Crippen molar-refractivity contribution in [2.24, 2.45) is 0 Å². The molecular weight excluding hydrogens is 278 g/mol. The fourth-order valence-corrected chi connectivity index (χ4v) is 3.33. The van der Waals surface area contributed by atoms with E-state index >= 15 is 0 Å². The Kier molecular flexibility index (Phi) is 3.87. The first-order valence-electron chi connectivity index (χ1n) is 5.03. The Balaban J connectivity index is 3.28. The van der Waals surface area contributed by atoms with E-state index in [-0.39, 0.29) is 4.90 Å². The van der Waals surface area contributed by atoms with Crippen molar-refractivity contribution in [1.82, 2.24) is 4.72 Å². The summed E-state index contributed by atoms with van der Waals surface area (Å²) in [5.41, 5.74) is -0.688. The average Bonchev–Trinajstić information content (AvgIpc) is 2.13. The second-order valence-electron chi connectivity index (χ2n) is 4.81. The van der Waals surface area contributed by atoms with Gasteiger partial charge in [-0.2, -0.15) is 8.42 Å². The molecule has 0 spiro atoms. The summed E-state index contributed by atoms with van der Waals surface area (Å²) >= 11 is 0. The highest BCUT2D eigenvalue weighted by Crippen LogP contribution is 2.17. The Hall–Kier alpha value is -0.960. The molecule has 1 rings (SSSR count). The standard InChI is InChI=1S/C10H15NO5S2/c1-10(2,3)11-17(12,13)8-5-4-6-9(7-8)18(14,15)16/h4-7,11H,1-3H3,(H,14,15,16). The third-order valence-electron chi connectivity index (χ3n) is 1.85. The SMILES string of the molecule is CC(C)(C)NS(=O)(=O)c1cccc(S(=O)(=O)O)c1. The smallest absolute Gasteiger partial charge is 0.282 e. The van der Waals surface area contributed by atoms with Gasteiger partial charge in [-0.25, -0.2) is 13.1 Å². The van der Waals surface area contributed by atoms with Gasteiger partial charge in [0.05, 0.1) is 9.79 Å². The van der Waals surface area contributed by atoms with Crippen molar-refractivity contribution in [3.05, 3.63) is 24.3 Å². The Labute approximate surface area is 107 Å². The van der Waals surface area contributed by atoms with E-state index in [0.29, 0.717) is 0 Å². The summed E-state index contributed by atoms with van der Waals surface area (Å²) in [6.07, 6.45) is 0. The largest absolute Gasteiger partial charge is 0.294 e. The molecule has 0 aliphatic carbocycles. The van der Waals surface area contributed by atoms with Crippen molar-refractivity contribution in [3.63, 3.8) is 0 Å². The number of sulfonamides is 1. The monoisotopic (exact) mass is 293 g/mol. The molecule has 8 heteroatoms. The predicted molar refractivity (Wildman–Crippen MR) is 66.3 cm³/mol. The fourth-order valence-electron chi connectivity index (χ4n) is 1.26. The van der Waals surface area contributed by atoms with Crippen LogP contribution in [0.15, 0.2) is 34.1 Å². The van der Waals surface area contributed by atoms with Crippen LogP contribution in [-0.2, 0) is 20.1 Å². The van der Waals surface area contributed by atoms with E-state index in [0.717, 1.165) is 12.1 Å². The van der Waals surface area contributed by atoms with Crippen molar-refractivity contribution in [2.45, 2.75) is 36.1 Å². The molecular formula is C10H15NO5S2. The summed E-state index contributed by atoms with van der Waals surface area (Å²) in [5, 5.41) is 0. The van der Waals surface area contributed by atoms with E-state index < -0.39 is 30.6 Å². The molecule has 0 aliphatic rings. The number of hydrogen-bond acceptors (Lipinski definition) is 4. The molecule has 0 aliphatic heterocycles. The number of benzene rings is 1. The average molecular weight is 293 g/mol. The highest BCUT2D eigenvalue weighted by molar-refractivity contribution is 7.89. The third kappa shape index (κ3) is 4.05. The molecule has 0 aromatic heterocycles. The Morgan fingerprint density at radius 3 is 2.00 bits per heavy atom. The van der Waals surface area contributed by atoms with E-state index in [4.69, 9.17) is 4.55 Å². The van der Waals surface area contributed by atoms with Crippen molar-refractivity contribution < 1.29 is 21.4 Å². The molecule has 0 fully saturated rings. The van der Waals surface area contributed by atoms with Gasteiger partial charge >= 0.3 is 0 Å². The molecule has 0 atom stereocenters. The fraction of sp³-hybridized carbons (Fsp3) is 0.400. The summed E-state index contributed by atoms with van der Waals surface area (Å²) in [7, 11) is -8.25. The van der Waals surface area contributed by atoms with Crippen LogP contribution in [0.25, 0.3) is 0 Å². The lowest BCUT2D eigenvalue weighted by molar-refractivity contribution is 0.483. The summed E-state index contributed by atoms with van der Waals surface area (Å²) in [6, 6.07) is 4.53. The summed E-state index contributed by atoms with van der Waals surface area (Å²) in [4.78, 5) is -0.674. The van der Waals surface area contributed by atoms with Gasteiger partial charge in [0.15, 0.2) is 0 Å². The normalized spacial score (nSPS) is 13.6. The minimum Gasteiger partial charge on any atom is -0.282 e. The van der Waals surface area contributed by atoms with Gasteiger partial charge < -0.3 is 0 Å².